The molecule has 11 aromatic rings. The maximum Gasteiger partial charge on any atom is 0.0562 e. The average molecular weight is 673 g/mol. The first-order valence-electron chi connectivity index (χ1n) is 16.9. The van der Waals surface area contributed by atoms with E-state index in [1.165, 1.54) is 84.3 Å². The highest BCUT2D eigenvalue weighted by molar-refractivity contribution is 7.26. The molecule has 3 aromatic heterocycles. The normalized spacial score (nSPS) is 12.0. The van der Waals surface area contributed by atoms with Crippen LogP contribution >= 0.6 is 22.7 Å². The number of benzene rings is 8. The van der Waals surface area contributed by atoms with Gasteiger partial charge in [-0.25, -0.2) is 0 Å². The van der Waals surface area contributed by atoms with Crippen LogP contribution in [-0.4, -0.2) is 4.57 Å². The Morgan fingerprint density at radius 3 is 1.88 bits per heavy atom. The number of thiophene rings is 2. The minimum Gasteiger partial charge on any atom is -0.309 e. The van der Waals surface area contributed by atoms with Crippen LogP contribution in [0.15, 0.2) is 170 Å². The fraction of sp³-hybridized carbons (Fsp3) is 0. The average Bonchev–Trinajstić information content (AvgIpc) is 3.85. The lowest BCUT2D eigenvalue weighted by atomic mass is 10.0. The first-order chi connectivity index (χ1) is 24.8. The summed E-state index contributed by atoms with van der Waals surface area (Å²) in [5, 5.41) is 10.3. The molecule has 11 rings (SSSR count). The van der Waals surface area contributed by atoms with E-state index in [9.17, 15) is 0 Å². The lowest BCUT2D eigenvalue weighted by Crippen LogP contribution is -2.10. The smallest absolute Gasteiger partial charge is 0.0562 e. The van der Waals surface area contributed by atoms with Crippen molar-refractivity contribution in [2.24, 2.45) is 0 Å². The third-order valence-electron chi connectivity index (χ3n) is 10.2. The van der Waals surface area contributed by atoms with Crippen LogP contribution in [0.5, 0.6) is 0 Å². The van der Waals surface area contributed by atoms with E-state index in [1.807, 2.05) is 22.7 Å². The molecule has 0 saturated carbocycles. The van der Waals surface area contributed by atoms with Gasteiger partial charge >= 0.3 is 0 Å². The summed E-state index contributed by atoms with van der Waals surface area (Å²) < 4.78 is 7.63. The zero-order valence-electron chi connectivity index (χ0n) is 26.9. The molecule has 234 valence electrons. The fourth-order valence-electron chi connectivity index (χ4n) is 8.07. The molecule has 0 saturated heterocycles. The summed E-state index contributed by atoms with van der Waals surface area (Å²) in [6.45, 7) is 0. The number of para-hydroxylation sites is 2. The van der Waals surface area contributed by atoms with Crippen LogP contribution < -0.4 is 4.90 Å². The van der Waals surface area contributed by atoms with Crippen molar-refractivity contribution in [3.05, 3.63) is 170 Å². The van der Waals surface area contributed by atoms with Crippen LogP contribution in [-0.2, 0) is 0 Å². The van der Waals surface area contributed by atoms with Gasteiger partial charge in [-0.15, -0.1) is 22.7 Å². The second kappa shape index (κ2) is 10.8. The van der Waals surface area contributed by atoms with Gasteiger partial charge in [0.05, 0.1) is 22.4 Å². The van der Waals surface area contributed by atoms with Crippen molar-refractivity contribution in [2.75, 3.05) is 4.90 Å². The molecule has 0 unspecified atom stereocenters. The number of rotatable bonds is 4. The van der Waals surface area contributed by atoms with Crippen molar-refractivity contribution in [3.63, 3.8) is 0 Å². The second-order valence-electron chi connectivity index (χ2n) is 12.9. The largest absolute Gasteiger partial charge is 0.309 e. The molecule has 0 spiro atoms. The molecule has 8 aromatic carbocycles. The summed E-state index contributed by atoms with van der Waals surface area (Å²) in [5.41, 5.74) is 7.05. The zero-order valence-corrected chi connectivity index (χ0v) is 28.5. The number of aromatic nitrogens is 1. The summed E-state index contributed by atoms with van der Waals surface area (Å²) in [6.07, 6.45) is 0. The molecule has 0 aliphatic carbocycles. The molecule has 0 aliphatic heterocycles. The summed E-state index contributed by atoms with van der Waals surface area (Å²) >= 11 is 3.75. The van der Waals surface area contributed by atoms with Crippen LogP contribution in [0.3, 0.4) is 0 Å². The minimum absolute atomic E-state index is 1.15. The van der Waals surface area contributed by atoms with Crippen molar-refractivity contribution < 1.29 is 0 Å². The number of hydrogen-bond donors (Lipinski definition) is 0. The van der Waals surface area contributed by atoms with Gasteiger partial charge in [0.15, 0.2) is 0 Å². The van der Waals surface area contributed by atoms with Gasteiger partial charge in [-0.3, -0.25) is 0 Å². The lowest BCUT2D eigenvalue weighted by Gasteiger charge is -2.27. The Bertz CT molecular complexity index is 3110. The first-order valence-corrected chi connectivity index (χ1v) is 18.6. The van der Waals surface area contributed by atoms with Gasteiger partial charge in [0.2, 0.25) is 0 Å². The van der Waals surface area contributed by atoms with E-state index in [1.54, 1.807) is 0 Å². The zero-order chi connectivity index (χ0) is 32.8. The van der Waals surface area contributed by atoms with Crippen LogP contribution in [0, 0.1) is 0 Å². The van der Waals surface area contributed by atoms with Crippen LogP contribution in [0.2, 0.25) is 0 Å². The highest BCUT2D eigenvalue weighted by Gasteiger charge is 2.24. The molecule has 0 radical (unpaired) electrons. The van der Waals surface area contributed by atoms with Crippen LogP contribution in [0.4, 0.5) is 17.1 Å². The van der Waals surface area contributed by atoms with Gasteiger partial charge < -0.3 is 9.47 Å². The molecule has 3 heterocycles. The molecular weight excluding hydrogens is 645 g/mol. The molecular formula is C46H28N2S2. The molecule has 0 atom stereocenters. The topological polar surface area (TPSA) is 8.17 Å². The predicted molar refractivity (Wildman–Crippen MR) is 219 cm³/mol. The maximum absolute atomic E-state index is 2.53. The minimum atomic E-state index is 1.15. The van der Waals surface area contributed by atoms with Crippen molar-refractivity contribution in [1.82, 2.24) is 4.57 Å². The predicted octanol–water partition coefficient (Wildman–Crippen LogP) is 14.1. The molecule has 0 N–H and O–H groups in total. The Kier molecular flexibility index (Phi) is 6.03. The Morgan fingerprint density at radius 1 is 0.380 bits per heavy atom. The number of anilines is 3. The van der Waals surface area contributed by atoms with E-state index in [0.717, 1.165) is 11.4 Å². The molecule has 0 amide bonds. The second-order valence-corrected chi connectivity index (χ2v) is 15.1. The number of nitrogens with zero attached hydrogens (tertiary/aromatic N) is 2. The third-order valence-corrected chi connectivity index (χ3v) is 12.4. The van der Waals surface area contributed by atoms with E-state index in [0.29, 0.717) is 0 Å². The van der Waals surface area contributed by atoms with Gasteiger partial charge in [-0.05, 0) is 83.6 Å². The fourth-order valence-corrected chi connectivity index (χ4v) is 10.3. The highest BCUT2D eigenvalue weighted by atomic mass is 32.1. The van der Waals surface area contributed by atoms with E-state index in [-0.39, 0.29) is 0 Å². The summed E-state index contributed by atoms with van der Waals surface area (Å²) in [4.78, 5) is 2.53. The Morgan fingerprint density at radius 2 is 1.00 bits per heavy atom. The summed E-state index contributed by atoms with van der Waals surface area (Å²) in [6, 6.07) is 62.4. The highest BCUT2D eigenvalue weighted by Crippen LogP contribution is 2.49. The first kappa shape index (κ1) is 28.0. The molecule has 2 nitrogen and oxygen atoms in total. The SMILES string of the molecule is c1ccc(-n2c3ccccc3c3c(N(c4ccc5sc6ccc7ccccc7c6c5c4)c4cccc5sc6ccccc6c45)cccc32)cc1. The van der Waals surface area contributed by atoms with Crippen LogP contribution in [0.25, 0.3) is 78.6 Å². The van der Waals surface area contributed by atoms with Crippen molar-refractivity contribution >= 4 is 113 Å². The summed E-state index contributed by atoms with van der Waals surface area (Å²) in [7, 11) is 0. The van der Waals surface area contributed by atoms with Gasteiger partial charge in [0.25, 0.3) is 0 Å². The quantitative estimate of drug-likeness (QED) is 0.181. The number of hydrogen-bond acceptors (Lipinski definition) is 3. The van der Waals surface area contributed by atoms with Gasteiger partial charge in [-0.2, -0.15) is 0 Å². The molecule has 0 aliphatic rings. The van der Waals surface area contributed by atoms with Crippen LogP contribution in [0.1, 0.15) is 0 Å². The van der Waals surface area contributed by atoms with E-state index >= 15 is 0 Å². The standard InChI is InChI=1S/C46H28N2S2/c1-2-13-30(14-3-1)47-36-18-8-6-16-33(36)45-37(47)19-10-20-38(45)48(39-21-11-23-42-46(39)34-17-7-9-22-40(34)49-42)31-25-27-41-35(28-31)44-32-15-5-4-12-29(32)24-26-43(44)50-41/h1-28H. The van der Waals surface area contributed by atoms with Gasteiger partial charge in [0, 0.05) is 62.5 Å². The third kappa shape index (κ3) is 4.01. The maximum atomic E-state index is 2.53. The van der Waals surface area contributed by atoms with E-state index in [2.05, 4.69) is 179 Å². The molecule has 0 fully saturated rings. The van der Waals surface area contributed by atoms with Crippen molar-refractivity contribution in [1.29, 1.82) is 0 Å². The van der Waals surface area contributed by atoms with Crippen molar-refractivity contribution in [2.45, 2.75) is 0 Å². The molecule has 0 bridgehead atoms. The monoisotopic (exact) mass is 672 g/mol. The van der Waals surface area contributed by atoms with E-state index in [4.69, 9.17) is 0 Å². The van der Waals surface area contributed by atoms with E-state index < -0.39 is 0 Å². The Balaban J connectivity index is 1.28. The van der Waals surface area contributed by atoms with Gasteiger partial charge in [-0.1, -0.05) is 97.1 Å². The Hall–Kier alpha value is -5.94. The Labute approximate surface area is 296 Å². The van der Waals surface area contributed by atoms with Crippen molar-refractivity contribution in [3.8, 4) is 5.69 Å². The molecule has 50 heavy (non-hydrogen) atoms. The van der Waals surface area contributed by atoms with Gasteiger partial charge in [0.1, 0.15) is 0 Å². The lowest BCUT2D eigenvalue weighted by molar-refractivity contribution is 1.18. The summed E-state index contributed by atoms with van der Waals surface area (Å²) in [5.74, 6) is 0. The molecule has 4 heteroatoms. The number of fused-ring (bicyclic) bond motifs is 11.